The summed E-state index contributed by atoms with van der Waals surface area (Å²) in [5, 5.41) is 19.5. The summed E-state index contributed by atoms with van der Waals surface area (Å²) in [4.78, 5) is 28.8. The lowest BCUT2D eigenvalue weighted by molar-refractivity contribution is -0.137. The zero-order chi connectivity index (χ0) is 24.8. The maximum absolute atomic E-state index is 14.1. The average Bonchev–Trinajstić information content (AvgIpc) is 3.32. The third-order valence-corrected chi connectivity index (χ3v) is 5.93. The number of aromatic nitrogens is 3. The highest BCUT2D eigenvalue weighted by Crippen LogP contribution is 2.24. The summed E-state index contributed by atoms with van der Waals surface area (Å²) >= 11 is 0. The van der Waals surface area contributed by atoms with Crippen LogP contribution in [0.5, 0.6) is 5.75 Å². The van der Waals surface area contributed by atoms with Crippen LogP contribution in [0.2, 0.25) is 0 Å². The molecule has 0 aliphatic carbocycles. The second-order valence-electron chi connectivity index (χ2n) is 8.45. The first-order valence-corrected chi connectivity index (χ1v) is 11.5. The monoisotopic (exact) mass is 481 g/mol. The first-order chi connectivity index (χ1) is 16.9. The number of hydrogen-bond donors (Lipinski definition) is 3. The number of hydrogen-bond acceptors (Lipinski definition) is 6. The van der Waals surface area contributed by atoms with Gasteiger partial charge in [-0.2, -0.15) is 5.10 Å². The van der Waals surface area contributed by atoms with Gasteiger partial charge in [0, 0.05) is 25.0 Å². The number of nitrogens with zero attached hydrogens (tertiary/aromatic N) is 3. The van der Waals surface area contributed by atoms with E-state index in [1.54, 1.807) is 10.9 Å². The third-order valence-electron chi connectivity index (χ3n) is 5.93. The molecule has 1 aliphatic heterocycles. The Morgan fingerprint density at radius 2 is 2.17 bits per heavy atom. The fraction of sp³-hybridized carbons (Fsp3) is 0.360. The number of fused-ring (bicyclic) bond motifs is 1. The summed E-state index contributed by atoms with van der Waals surface area (Å²) in [6, 6.07) is 7.37. The number of rotatable bonds is 10. The van der Waals surface area contributed by atoms with Crippen molar-refractivity contribution in [1.29, 1.82) is 0 Å². The van der Waals surface area contributed by atoms with Crippen molar-refractivity contribution in [3.05, 3.63) is 70.9 Å². The predicted octanol–water partition coefficient (Wildman–Crippen LogP) is 3.36. The highest BCUT2D eigenvalue weighted by Gasteiger charge is 2.21. The first-order valence-electron chi connectivity index (χ1n) is 11.5. The molecule has 35 heavy (non-hydrogen) atoms. The molecule has 3 N–H and O–H groups in total. The minimum Gasteiger partial charge on any atom is -0.494 e. The third kappa shape index (κ3) is 6.14. The fourth-order valence-electron chi connectivity index (χ4n) is 4.10. The van der Waals surface area contributed by atoms with E-state index >= 15 is 0 Å². The number of halogens is 1. The van der Waals surface area contributed by atoms with Gasteiger partial charge in [0.25, 0.3) is 5.91 Å². The van der Waals surface area contributed by atoms with Gasteiger partial charge >= 0.3 is 5.97 Å². The van der Waals surface area contributed by atoms with Crippen molar-refractivity contribution in [2.24, 2.45) is 0 Å². The molecule has 1 amide bonds. The van der Waals surface area contributed by atoms with E-state index in [1.807, 2.05) is 0 Å². The number of benzene rings is 1. The van der Waals surface area contributed by atoms with Crippen LogP contribution in [0.3, 0.4) is 0 Å². The lowest BCUT2D eigenvalue weighted by atomic mass is 10.0. The quantitative estimate of drug-likeness (QED) is 0.406. The maximum Gasteiger partial charge on any atom is 0.305 e. The van der Waals surface area contributed by atoms with Gasteiger partial charge in [-0.05, 0) is 55.0 Å². The van der Waals surface area contributed by atoms with Gasteiger partial charge in [0.05, 0.1) is 31.3 Å². The Hall–Kier alpha value is -3.95. The molecule has 184 valence electrons. The molecule has 1 atom stereocenters. The summed E-state index contributed by atoms with van der Waals surface area (Å²) < 4.78 is 20.7. The number of aryl methyl sites for hydroxylation is 3. The van der Waals surface area contributed by atoms with Crippen molar-refractivity contribution in [3.63, 3.8) is 0 Å². The van der Waals surface area contributed by atoms with Crippen LogP contribution < -0.4 is 15.4 Å². The normalized spacial score (nSPS) is 13.4. The van der Waals surface area contributed by atoms with Gasteiger partial charge in [-0.15, -0.1) is 0 Å². The molecule has 1 aliphatic rings. The van der Waals surface area contributed by atoms with Crippen LogP contribution in [-0.4, -0.2) is 45.4 Å². The molecule has 4 rings (SSSR count). The van der Waals surface area contributed by atoms with E-state index in [-0.39, 0.29) is 5.75 Å². The first kappa shape index (κ1) is 24.2. The van der Waals surface area contributed by atoms with E-state index in [4.69, 9.17) is 9.72 Å². The summed E-state index contributed by atoms with van der Waals surface area (Å²) in [6.07, 6.45) is 6.40. The Labute approximate surface area is 202 Å². The molecule has 0 fully saturated rings. The van der Waals surface area contributed by atoms with Crippen molar-refractivity contribution >= 4 is 17.7 Å². The number of carbonyl (C=O) groups excluding carboxylic acids is 1. The summed E-state index contributed by atoms with van der Waals surface area (Å²) in [7, 11) is 1.34. The standard InChI is InChI=1S/C25H28FN5O4/c1-35-22-9-7-17(12-20(22)26)21(13-23(32)33)30-25(34)18-14-28-31(15-18)11-3-5-19-8-6-16-4-2-10-27-24(16)29-19/h6-9,12,14-15,21H,2-5,10-11,13H2,1H3,(H,27,29)(H,30,34)(H,32,33)/t21-/m0/s1. The van der Waals surface area contributed by atoms with Crippen LogP contribution in [0.1, 0.15) is 52.5 Å². The molecule has 1 aromatic carbocycles. The molecule has 0 unspecified atom stereocenters. The zero-order valence-electron chi connectivity index (χ0n) is 19.5. The minimum absolute atomic E-state index is 0.0391. The molecule has 0 radical (unpaired) electrons. The molecule has 0 saturated carbocycles. The maximum atomic E-state index is 14.1. The lowest BCUT2D eigenvalue weighted by Crippen LogP contribution is -2.30. The number of nitrogens with one attached hydrogen (secondary N) is 2. The Morgan fingerprint density at radius 3 is 2.94 bits per heavy atom. The Balaban J connectivity index is 1.35. The number of carbonyl (C=O) groups is 2. The van der Waals surface area contributed by atoms with Crippen LogP contribution >= 0.6 is 0 Å². The number of ether oxygens (including phenoxy) is 1. The van der Waals surface area contributed by atoms with Gasteiger partial charge < -0.3 is 20.5 Å². The highest BCUT2D eigenvalue weighted by atomic mass is 19.1. The molecule has 0 spiro atoms. The number of anilines is 1. The van der Waals surface area contributed by atoms with Gasteiger partial charge in [-0.25, -0.2) is 9.37 Å². The lowest BCUT2D eigenvalue weighted by Gasteiger charge is -2.17. The van der Waals surface area contributed by atoms with Crippen molar-refractivity contribution in [3.8, 4) is 5.75 Å². The molecule has 0 saturated heterocycles. The number of methoxy groups -OCH3 is 1. The number of carboxylic acids is 1. The molecule has 10 heteroatoms. The van der Waals surface area contributed by atoms with E-state index in [2.05, 4.69) is 27.9 Å². The van der Waals surface area contributed by atoms with E-state index < -0.39 is 30.2 Å². The van der Waals surface area contributed by atoms with Gasteiger partial charge in [-0.3, -0.25) is 14.3 Å². The van der Waals surface area contributed by atoms with Crippen molar-refractivity contribution < 1.29 is 23.8 Å². The Kier molecular flexibility index (Phi) is 7.59. The SMILES string of the molecule is COc1ccc([C@H](CC(=O)O)NC(=O)c2cnn(CCCc3ccc4c(n3)NCCC4)c2)cc1F. The van der Waals surface area contributed by atoms with E-state index in [1.165, 1.54) is 37.1 Å². The summed E-state index contributed by atoms with van der Waals surface area (Å²) in [5.74, 6) is -1.22. The van der Waals surface area contributed by atoms with Gasteiger partial charge in [0.1, 0.15) is 5.82 Å². The second kappa shape index (κ2) is 11.0. The van der Waals surface area contributed by atoms with Crippen LogP contribution in [0.4, 0.5) is 10.2 Å². The van der Waals surface area contributed by atoms with E-state index in [9.17, 15) is 19.1 Å². The second-order valence-corrected chi connectivity index (χ2v) is 8.45. The molecule has 3 heterocycles. The minimum atomic E-state index is -1.12. The van der Waals surface area contributed by atoms with Crippen LogP contribution in [0.15, 0.2) is 42.7 Å². The highest BCUT2D eigenvalue weighted by molar-refractivity contribution is 5.94. The van der Waals surface area contributed by atoms with E-state index in [0.29, 0.717) is 17.7 Å². The zero-order valence-corrected chi connectivity index (χ0v) is 19.5. The van der Waals surface area contributed by atoms with Gasteiger partial charge in [0.15, 0.2) is 11.6 Å². The largest absolute Gasteiger partial charge is 0.494 e. The van der Waals surface area contributed by atoms with E-state index in [0.717, 1.165) is 43.7 Å². The topological polar surface area (TPSA) is 118 Å². The number of amides is 1. The van der Waals surface area contributed by atoms with Crippen LogP contribution in [0, 0.1) is 5.82 Å². The molecular weight excluding hydrogens is 453 g/mol. The molecule has 0 bridgehead atoms. The van der Waals surface area contributed by atoms with Crippen molar-refractivity contribution in [1.82, 2.24) is 20.1 Å². The van der Waals surface area contributed by atoms with Crippen LogP contribution in [0.25, 0.3) is 0 Å². The predicted molar refractivity (Wildman–Crippen MR) is 127 cm³/mol. The van der Waals surface area contributed by atoms with Crippen molar-refractivity contribution in [2.75, 3.05) is 19.0 Å². The summed E-state index contributed by atoms with van der Waals surface area (Å²) in [5.41, 5.74) is 2.89. The Bertz CT molecular complexity index is 1210. The number of pyridine rings is 1. The van der Waals surface area contributed by atoms with Gasteiger partial charge in [-0.1, -0.05) is 12.1 Å². The smallest absolute Gasteiger partial charge is 0.305 e. The molecule has 3 aromatic rings. The molecule has 2 aromatic heterocycles. The summed E-state index contributed by atoms with van der Waals surface area (Å²) in [6.45, 7) is 1.55. The van der Waals surface area contributed by atoms with Crippen LogP contribution in [-0.2, 0) is 24.2 Å². The fourth-order valence-corrected chi connectivity index (χ4v) is 4.10. The average molecular weight is 482 g/mol. The van der Waals surface area contributed by atoms with Gasteiger partial charge in [0.2, 0.25) is 0 Å². The Morgan fingerprint density at radius 1 is 1.31 bits per heavy atom. The number of aliphatic carboxylic acids is 1. The molecule has 9 nitrogen and oxygen atoms in total. The van der Waals surface area contributed by atoms with Crippen molar-refractivity contribution in [2.45, 2.75) is 44.7 Å². The molecular formula is C25H28FN5O4. The number of carboxylic acid groups (broad SMARTS) is 1.